The standard InChI is InChI=1S/C26H30N4O3/c1-18-11-12-21(15-19(18)2)30-24(31)23-16-22(20-9-6-5-7-10-20)28-29(23)17-26(30,3)25(32)27-13-8-14-33-4/h5-7,9-12,15-16H,8,13-14,17H2,1-4H3,(H,27,32). The van der Waals surface area contributed by atoms with Gasteiger partial charge in [0.25, 0.3) is 5.91 Å². The quantitative estimate of drug-likeness (QED) is 0.561. The largest absolute Gasteiger partial charge is 0.385 e. The van der Waals surface area contributed by atoms with Gasteiger partial charge in [-0.05, 0) is 56.5 Å². The summed E-state index contributed by atoms with van der Waals surface area (Å²) in [5, 5.41) is 7.68. The Bertz CT molecular complexity index is 1170. The van der Waals surface area contributed by atoms with Crippen LogP contribution >= 0.6 is 0 Å². The van der Waals surface area contributed by atoms with Crippen molar-refractivity contribution in [2.24, 2.45) is 0 Å². The maximum absolute atomic E-state index is 13.8. The molecule has 0 saturated heterocycles. The SMILES string of the molecule is COCCCNC(=O)C1(C)Cn2nc(-c3ccccc3)cc2C(=O)N1c1ccc(C)c(C)c1. The first kappa shape index (κ1) is 22.7. The molecule has 7 heteroatoms. The molecule has 172 valence electrons. The van der Waals surface area contributed by atoms with Gasteiger partial charge in [0.15, 0.2) is 0 Å². The summed E-state index contributed by atoms with van der Waals surface area (Å²) in [6, 6.07) is 17.4. The van der Waals surface area contributed by atoms with Crippen LogP contribution in [0.5, 0.6) is 0 Å². The number of nitrogens with one attached hydrogen (secondary N) is 1. The van der Waals surface area contributed by atoms with Crippen molar-refractivity contribution in [3.8, 4) is 11.3 Å². The van der Waals surface area contributed by atoms with E-state index in [1.54, 1.807) is 23.6 Å². The molecule has 0 fully saturated rings. The third kappa shape index (κ3) is 4.28. The van der Waals surface area contributed by atoms with Crippen molar-refractivity contribution in [2.75, 3.05) is 25.2 Å². The third-order valence-electron chi connectivity index (χ3n) is 6.27. The van der Waals surface area contributed by atoms with Crippen LogP contribution in [0.15, 0.2) is 54.6 Å². The van der Waals surface area contributed by atoms with Crippen molar-refractivity contribution in [2.45, 2.75) is 39.3 Å². The van der Waals surface area contributed by atoms with Crippen LogP contribution in [0.4, 0.5) is 5.69 Å². The molecule has 2 amide bonds. The number of benzene rings is 2. The lowest BCUT2D eigenvalue weighted by Gasteiger charge is -2.43. The smallest absolute Gasteiger partial charge is 0.277 e. The lowest BCUT2D eigenvalue weighted by Crippen LogP contribution is -2.64. The number of anilines is 1. The van der Waals surface area contributed by atoms with E-state index in [4.69, 9.17) is 4.74 Å². The van der Waals surface area contributed by atoms with Crippen molar-refractivity contribution >= 4 is 17.5 Å². The molecule has 7 nitrogen and oxygen atoms in total. The van der Waals surface area contributed by atoms with Crippen molar-refractivity contribution in [3.05, 3.63) is 71.4 Å². The number of amides is 2. The highest BCUT2D eigenvalue weighted by atomic mass is 16.5. The highest BCUT2D eigenvalue weighted by Crippen LogP contribution is 2.35. The Balaban J connectivity index is 1.76. The fourth-order valence-electron chi connectivity index (χ4n) is 4.21. The number of carbonyl (C=O) groups excluding carboxylic acids is 2. The Morgan fingerprint density at radius 1 is 1.12 bits per heavy atom. The maximum Gasteiger partial charge on any atom is 0.277 e. The predicted molar refractivity (Wildman–Crippen MR) is 128 cm³/mol. The molecule has 1 N–H and O–H groups in total. The summed E-state index contributed by atoms with van der Waals surface area (Å²) in [4.78, 5) is 28.9. The summed E-state index contributed by atoms with van der Waals surface area (Å²) < 4.78 is 6.75. The fraction of sp³-hybridized carbons (Fsp3) is 0.346. The summed E-state index contributed by atoms with van der Waals surface area (Å²) in [7, 11) is 1.63. The molecular weight excluding hydrogens is 416 g/mol. The van der Waals surface area contributed by atoms with Crippen LogP contribution in [0.3, 0.4) is 0 Å². The average Bonchev–Trinajstić information content (AvgIpc) is 3.23. The monoisotopic (exact) mass is 446 g/mol. The number of methoxy groups -OCH3 is 1. The number of rotatable bonds is 7. The van der Waals surface area contributed by atoms with E-state index in [-0.39, 0.29) is 18.4 Å². The molecule has 33 heavy (non-hydrogen) atoms. The number of carbonyl (C=O) groups is 2. The first-order chi connectivity index (χ1) is 15.8. The van der Waals surface area contributed by atoms with Gasteiger partial charge in [-0.15, -0.1) is 0 Å². The molecule has 0 spiro atoms. The molecular formula is C26H30N4O3. The van der Waals surface area contributed by atoms with Gasteiger partial charge in [0.1, 0.15) is 11.2 Å². The summed E-state index contributed by atoms with van der Waals surface area (Å²) in [5.74, 6) is -0.457. The summed E-state index contributed by atoms with van der Waals surface area (Å²) in [5.41, 5.74) is 3.86. The molecule has 2 heterocycles. The lowest BCUT2D eigenvalue weighted by molar-refractivity contribution is -0.126. The van der Waals surface area contributed by atoms with Gasteiger partial charge in [0.05, 0.1) is 12.2 Å². The Hall–Kier alpha value is -3.45. The molecule has 0 aliphatic carbocycles. The summed E-state index contributed by atoms with van der Waals surface area (Å²) >= 11 is 0. The van der Waals surface area contributed by atoms with Crippen LogP contribution in [0.2, 0.25) is 0 Å². The molecule has 1 aliphatic heterocycles. The molecule has 0 radical (unpaired) electrons. The van der Waals surface area contributed by atoms with E-state index >= 15 is 0 Å². The Labute approximate surface area is 194 Å². The second-order valence-corrected chi connectivity index (χ2v) is 8.72. The molecule has 2 aromatic carbocycles. The van der Waals surface area contributed by atoms with Gasteiger partial charge >= 0.3 is 0 Å². The zero-order valence-electron chi connectivity index (χ0n) is 19.6. The zero-order valence-corrected chi connectivity index (χ0v) is 19.6. The number of fused-ring (bicyclic) bond motifs is 1. The van der Waals surface area contributed by atoms with Gasteiger partial charge in [0.2, 0.25) is 5.91 Å². The number of hydrogen-bond donors (Lipinski definition) is 1. The summed E-state index contributed by atoms with van der Waals surface area (Å²) in [6.45, 7) is 7.12. The van der Waals surface area contributed by atoms with Crippen LogP contribution in [-0.2, 0) is 16.1 Å². The average molecular weight is 447 g/mol. The van der Waals surface area contributed by atoms with Gasteiger partial charge in [-0.25, -0.2) is 0 Å². The van der Waals surface area contributed by atoms with Gasteiger partial charge in [-0.3, -0.25) is 19.2 Å². The topological polar surface area (TPSA) is 76.5 Å². The van der Waals surface area contributed by atoms with Gasteiger partial charge in [-0.1, -0.05) is 36.4 Å². The lowest BCUT2D eigenvalue weighted by atomic mass is 9.93. The molecule has 1 unspecified atom stereocenters. The number of hydrogen-bond acceptors (Lipinski definition) is 4. The minimum absolute atomic E-state index is 0.215. The highest BCUT2D eigenvalue weighted by molar-refractivity contribution is 6.12. The molecule has 1 aromatic heterocycles. The van der Waals surface area contributed by atoms with Crippen molar-refractivity contribution < 1.29 is 14.3 Å². The van der Waals surface area contributed by atoms with Crippen LogP contribution in [0.25, 0.3) is 11.3 Å². The van der Waals surface area contributed by atoms with Crippen LogP contribution in [-0.4, -0.2) is 47.4 Å². The van der Waals surface area contributed by atoms with Crippen LogP contribution in [0.1, 0.15) is 35.0 Å². The van der Waals surface area contributed by atoms with Crippen molar-refractivity contribution in [1.29, 1.82) is 0 Å². The number of ether oxygens (including phenoxy) is 1. The molecule has 1 atom stereocenters. The summed E-state index contributed by atoms with van der Waals surface area (Å²) in [6.07, 6.45) is 0.696. The van der Waals surface area contributed by atoms with Crippen LogP contribution < -0.4 is 10.2 Å². The second kappa shape index (κ2) is 9.19. The van der Waals surface area contributed by atoms with E-state index < -0.39 is 5.54 Å². The van der Waals surface area contributed by atoms with E-state index in [9.17, 15) is 9.59 Å². The van der Waals surface area contributed by atoms with Gasteiger partial charge < -0.3 is 10.1 Å². The van der Waals surface area contributed by atoms with E-state index in [1.807, 2.05) is 68.4 Å². The maximum atomic E-state index is 13.8. The highest BCUT2D eigenvalue weighted by Gasteiger charge is 2.48. The molecule has 4 rings (SSSR count). The van der Waals surface area contributed by atoms with E-state index in [0.717, 1.165) is 16.7 Å². The minimum Gasteiger partial charge on any atom is -0.385 e. The van der Waals surface area contributed by atoms with Crippen molar-refractivity contribution in [1.82, 2.24) is 15.1 Å². The number of nitrogens with zero attached hydrogens (tertiary/aromatic N) is 3. The van der Waals surface area contributed by atoms with Crippen molar-refractivity contribution in [3.63, 3.8) is 0 Å². The van der Waals surface area contributed by atoms with E-state index in [1.165, 1.54) is 0 Å². The molecule has 0 saturated carbocycles. The molecule has 3 aromatic rings. The predicted octanol–water partition coefficient (Wildman–Crippen LogP) is 3.74. The Kier molecular flexibility index (Phi) is 6.33. The zero-order chi connectivity index (χ0) is 23.6. The number of aryl methyl sites for hydroxylation is 2. The first-order valence-electron chi connectivity index (χ1n) is 11.2. The fourth-order valence-corrected chi connectivity index (χ4v) is 4.21. The second-order valence-electron chi connectivity index (χ2n) is 8.72. The van der Waals surface area contributed by atoms with E-state index in [2.05, 4.69) is 10.4 Å². The van der Waals surface area contributed by atoms with Crippen LogP contribution in [0, 0.1) is 13.8 Å². The normalized spacial score (nSPS) is 17.7. The number of aromatic nitrogens is 2. The molecule has 1 aliphatic rings. The Morgan fingerprint density at radius 2 is 1.88 bits per heavy atom. The first-order valence-corrected chi connectivity index (χ1v) is 11.2. The van der Waals surface area contributed by atoms with E-state index in [0.29, 0.717) is 36.6 Å². The third-order valence-corrected chi connectivity index (χ3v) is 6.27. The van der Waals surface area contributed by atoms with Gasteiger partial charge in [-0.2, -0.15) is 5.10 Å². The Morgan fingerprint density at radius 3 is 2.58 bits per heavy atom. The minimum atomic E-state index is -1.14. The molecule has 0 bridgehead atoms. The van der Waals surface area contributed by atoms with Gasteiger partial charge in [0, 0.05) is 31.5 Å².